The van der Waals surface area contributed by atoms with Gasteiger partial charge in [-0.3, -0.25) is 0 Å². The number of nitrogens with zero attached hydrogens (tertiary/aromatic N) is 2. The average molecular weight is 409 g/mol. The summed E-state index contributed by atoms with van der Waals surface area (Å²) in [6, 6.07) is 2.15. The second-order valence-corrected chi connectivity index (χ2v) is 7.85. The number of rotatable bonds is 8. The molecule has 0 aliphatic rings. The molecule has 0 aromatic carbocycles. The van der Waals surface area contributed by atoms with E-state index >= 15 is 0 Å². The lowest BCUT2D eigenvalue weighted by Crippen LogP contribution is -2.20. The van der Waals surface area contributed by atoms with E-state index in [0.29, 0.717) is 0 Å². The van der Waals surface area contributed by atoms with Crippen LogP contribution in [-0.2, 0) is 11.2 Å². The van der Waals surface area contributed by atoms with Crippen molar-refractivity contribution in [2.45, 2.75) is 12.8 Å². The molecule has 0 amide bonds. The predicted molar refractivity (Wildman–Crippen MR) is 89.0 cm³/mol. The number of thiophene rings is 1. The number of hydrogen-bond acceptors (Lipinski definition) is 6. The smallest absolute Gasteiger partial charge is 0.148 e. The van der Waals surface area contributed by atoms with Crippen LogP contribution in [0.25, 0.3) is 10.6 Å². The molecule has 0 atom stereocenters. The van der Waals surface area contributed by atoms with Gasteiger partial charge in [-0.15, -0.1) is 21.5 Å². The number of hydrogen-bond donors (Lipinski definition) is 1. The van der Waals surface area contributed by atoms with E-state index in [1.54, 1.807) is 29.8 Å². The molecule has 0 aliphatic carbocycles. The summed E-state index contributed by atoms with van der Waals surface area (Å²) in [7, 11) is 1.72. The van der Waals surface area contributed by atoms with Crippen molar-refractivity contribution >= 4 is 45.3 Å². The summed E-state index contributed by atoms with van der Waals surface area (Å²) >= 11 is 5.77. The third-order valence-electron chi connectivity index (χ3n) is 2.51. The van der Waals surface area contributed by atoms with Crippen molar-refractivity contribution in [1.29, 1.82) is 0 Å². The summed E-state index contributed by atoms with van der Waals surface area (Å²) < 4.78 is 6.26. The van der Waals surface area contributed by atoms with Gasteiger partial charge in [0.2, 0.25) is 0 Å². The first-order valence-electron chi connectivity index (χ1n) is 6.06. The topological polar surface area (TPSA) is 47.0 Å². The summed E-state index contributed by atoms with van der Waals surface area (Å²) in [6.45, 7) is 2.67. The lowest BCUT2D eigenvalue weighted by atomic mass is 10.3. The highest BCUT2D eigenvalue weighted by Gasteiger charge is 2.08. The predicted octanol–water partition coefficient (Wildman–Crippen LogP) is 3.04. The molecule has 19 heavy (non-hydrogen) atoms. The van der Waals surface area contributed by atoms with Crippen molar-refractivity contribution in [1.82, 2.24) is 15.5 Å². The molecule has 104 valence electrons. The van der Waals surface area contributed by atoms with Crippen LogP contribution in [-0.4, -0.2) is 37.0 Å². The molecule has 4 nitrogen and oxygen atoms in total. The summed E-state index contributed by atoms with van der Waals surface area (Å²) in [5.41, 5.74) is 1.19. The van der Waals surface area contributed by atoms with Crippen molar-refractivity contribution < 1.29 is 4.74 Å². The Bertz CT molecular complexity index is 501. The van der Waals surface area contributed by atoms with Crippen molar-refractivity contribution in [3.05, 3.63) is 19.3 Å². The summed E-state index contributed by atoms with van der Waals surface area (Å²) in [6.07, 6.45) is 2.07. The number of halogens is 1. The molecule has 0 spiro atoms. The van der Waals surface area contributed by atoms with Crippen molar-refractivity contribution in [2.24, 2.45) is 0 Å². The molecular formula is C12H16IN3OS2. The minimum absolute atomic E-state index is 0.764. The molecule has 0 saturated heterocycles. The second kappa shape index (κ2) is 8.25. The largest absolute Gasteiger partial charge is 0.383 e. The van der Waals surface area contributed by atoms with E-state index in [4.69, 9.17) is 4.74 Å². The van der Waals surface area contributed by atoms with E-state index in [2.05, 4.69) is 49.6 Å². The maximum absolute atomic E-state index is 4.98. The zero-order valence-electron chi connectivity index (χ0n) is 10.7. The number of ether oxygens (including phenoxy) is 1. The molecule has 1 N–H and O–H groups in total. The van der Waals surface area contributed by atoms with Gasteiger partial charge in [0.05, 0.1) is 9.49 Å². The van der Waals surface area contributed by atoms with Gasteiger partial charge >= 0.3 is 0 Å². The highest BCUT2D eigenvalue weighted by atomic mass is 127. The number of nitrogens with one attached hydrogen (secondary N) is 1. The Kier molecular flexibility index (Phi) is 6.65. The third-order valence-corrected chi connectivity index (χ3v) is 5.33. The van der Waals surface area contributed by atoms with Gasteiger partial charge in [-0.1, -0.05) is 11.3 Å². The van der Waals surface area contributed by atoms with Gasteiger partial charge in [-0.05, 0) is 41.6 Å². The molecule has 7 heteroatoms. The zero-order chi connectivity index (χ0) is 13.5. The minimum Gasteiger partial charge on any atom is -0.383 e. The Morgan fingerprint density at radius 2 is 2.26 bits per heavy atom. The SMILES string of the molecule is COCCNCCCc1nnc(-c2csc(I)c2)s1. The van der Waals surface area contributed by atoms with E-state index in [1.165, 1.54) is 8.45 Å². The lowest BCUT2D eigenvalue weighted by molar-refractivity contribution is 0.199. The molecule has 0 fully saturated rings. The maximum Gasteiger partial charge on any atom is 0.148 e. The Morgan fingerprint density at radius 1 is 1.37 bits per heavy atom. The Hall–Kier alpha value is -0.0900. The van der Waals surface area contributed by atoms with Crippen LogP contribution in [0.15, 0.2) is 11.4 Å². The van der Waals surface area contributed by atoms with E-state index < -0.39 is 0 Å². The standard InChI is InChI=1S/C12H16IN3OS2/c1-17-6-5-14-4-2-3-11-15-16-12(19-11)9-7-10(13)18-8-9/h7-8,14H,2-6H2,1H3. The molecule has 2 heterocycles. The van der Waals surface area contributed by atoms with Crippen LogP contribution in [0.2, 0.25) is 0 Å². The Balaban J connectivity index is 1.75. The number of methoxy groups -OCH3 is 1. The van der Waals surface area contributed by atoms with Crippen molar-refractivity contribution in [3.8, 4) is 10.6 Å². The van der Waals surface area contributed by atoms with Crippen molar-refractivity contribution in [2.75, 3.05) is 26.8 Å². The van der Waals surface area contributed by atoms with E-state index in [-0.39, 0.29) is 0 Å². The molecule has 0 saturated carbocycles. The maximum atomic E-state index is 4.98. The second-order valence-electron chi connectivity index (χ2n) is 3.99. The molecule has 0 radical (unpaired) electrons. The van der Waals surface area contributed by atoms with Gasteiger partial charge in [0.15, 0.2) is 0 Å². The Labute approximate surface area is 134 Å². The van der Waals surface area contributed by atoms with Crippen LogP contribution in [0.4, 0.5) is 0 Å². The third kappa shape index (κ3) is 5.07. The highest BCUT2D eigenvalue weighted by molar-refractivity contribution is 14.1. The number of aromatic nitrogens is 2. The van der Waals surface area contributed by atoms with Gasteiger partial charge in [0, 0.05) is 31.0 Å². The molecule has 2 rings (SSSR count). The monoisotopic (exact) mass is 409 g/mol. The van der Waals surface area contributed by atoms with Crippen molar-refractivity contribution in [3.63, 3.8) is 0 Å². The van der Waals surface area contributed by atoms with Crippen LogP contribution in [0.5, 0.6) is 0 Å². The van der Waals surface area contributed by atoms with E-state index in [9.17, 15) is 0 Å². The normalized spacial score (nSPS) is 11.1. The first-order valence-corrected chi connectivity index (χ1v) is 8.83. The first-order chi connectivity index (χ1) is 9.29. The fraction of sp³-hybridized carbons (Fsp3) is 0.500. The first kappa shape index (κ1) is 15.3. The minimum atomic E-state index is 0.764. The highest BCUT2D eigenvalue weighted by Crippen LogP contribution is 2.29. The number of aryl methyl sites for hydroxylation is 1. The Morgan fingerprint density at radius 3 is 3.00 bits per heavy atom. The summed E-state index contributed by atoms with van der Waals surface area (Å²) in [4.78, 5) is 0. The van der Waals surface area contributed by atoms with Gasteiger partial charge < -0.3 is 10.1 Å². The fourth-order valence-electron chi connectivity index (χ4n) is 1.56. The van der Waals surface area contributed by atoms with Crippen LogP contribution in [0.3, 0.4) is 0 Å². The van der Waals surface area contributed by atoms with E-state index in [0.717, 1.165) is 42.6 Å². The van der Waals surface area contributed by atoms with Gasteiger partial charge in [0.25, 0.3) is 0 Å². The van der Waals surface area contributed by atoms with Gasteiger partial charge in [-0.2, -0.15) is 0 Å². The molecule has 0 bridgehead atoms. The quantitative estimate of drug-likeness (QED) is 0.538. The fourth-order valence-corrected chi connectivity index (χ4v) is 3.83. The zero-order valence-corrected chi connectivity index (χ0v) is 14.5. The molecule has 2 aromatic heterocycles. The average Bonchev–Trinajstić information content (AvgIpc) is 3.02. The molecule has 0 aliphatic heterocycles. The summed E-state index contributed by atoms with van der Waals surface area (Å²) in [5.74, 6) is 0. The van der Waals surface area contributed by atoms with E-state index in [1.807, 2.05) is 0 Å². The van der Waals surface area contributed by atoms with Crippen LogP contribution in [0, 0.1) is 2.88 Å². The summed E-state index contributed by atoms with van der Waals surface area (Å²) in [5, 5.41) is 16.1. The molecule has 2 aromatic rings. The molecular weight excluding hydrogens is 393 g/mol. The van der Waals surface area contributed by atoms with Crippen LogP contribution in [0.1, 0.15) is 11.4 Å². The van der Waals surface area contributed by atoms with Gasteiger partial charge in [0.1, 0.15) is 10.0 Å². The van der Waals surface area contributed by atoms with Gasteiger partial charge in [-0.25, -0.2) is 0 Å². The van der Waals surface area contributed by atoms with Crippen LogP contribution < -0.4 is 5.32 Å². The molecule has 0 unspecified atom stereocenters. The van der Waals surface area contributed by atoms with Crippen LogP contribution >= 0.6 is 45.3 Å². The lowest BCUT2D eigenvalue weighted by Gasteiger charge is -2.01.